The molecular weight excluding hydrogens is 322 g/mol. The summed E-state index contributed by atoms with van der Waals surface area (Å²) >= 11 is 0. The SMILES string of the molecule is C=C(C[N+](C)(C)CCCC(C)OC(=O)CCCCCC)c1ccccc1. The molecule has 0 fully saturated rings. The van der Waals surface area contributed by atoms with Crippen molar-refractivity contribution in [2.75, 3.05) is 27.2 Å². The topological polar surface area (TPSA) is 26.3 Å². The molecule has 0 bridgehead atoms. The molecule has 3 heteroatoms. The Morgan fingerprint density at radius 2 is 1.81 bits per heavy atom. The molecule has 146 valence electrons. The lowest BCUT2D eigenvalue weighted by atomic mass is 10.1. The van der Waals surface area contributed by atoms with Crippen LogP contribution in [0.2, 0.25) is 0 Å². The van der Waals surface area contributed by atoms with Crippen LogP contribution in [0, 0.1) is 0 Å². The summed E-state index contributed by atoms with van der Waals surface area (Å²) in [5.41, 5.74) is 2.38. The van der Waals surface area contributed by atoms with Gasteiger partial charge in [0.1, 0.15) is 6.54 Å². The third kappa shape index (κ3) is 9.76. The number of benzene rings is 1. The van der Waals surface area contributed by atoms with E-state index in [1.165, 1.54) is 24.0 Å². The van der Waals surface area contributed by atoms with E-state index in [0.29, 0.717) is 6.42 Å². The van der Waals surface area contributed by atoms with Gasteiger partial charge in [-0.05, 0) is 25.3 Å². The van der Waals surface area contributed by atoms with Crippen molar-refractivity contribution in [2.24, 2.45) is 0 Å². The lowest BCUT2D eigenvalue weighted by molar-refractivity contribution is -0.883. The van der Waals surface area contributed by atoms with Gasteiger partial charge >= 0.3 is 5.97 Å². The molecule has 0 saturated carbocycles. The van der Waals surface area contributed by atoms with Gasteiger partial charge in [-0.25, -0.2) is 0 Å². The van der Waals surface area contributed by atoms with E-state index in [9.17, 15) is 4.79 Å². The van der Waals surface area contributed by atoms with Gasteiger partial charge in [0.15, 0.2) is 0 Å². The zero-order chi connectivity index (χ0) is 19.4. The smallest absolute Gasteiger partial charge is 0.306 e. The van der Waals surface area contributed by atoms with Crippen LogP contribution in [-0.2, 0) is 9.53 Å². The maximum Gasteiger partial charge on any atom is 0.306 e. The number of rotatable bonds is 13. The number of carbonyl (C=O) groups is 1. The summed E-state index contributed by atoms with van der Waals surface area (Å²) in [4.78, 5) is 11.8. The number of esters is 1. The number of unbranched alkanes of at least 4 members (excludes halogenated alkanes) is 3. The van der Waals surface area contributed by atoms with Gasteiger partial charge in [0.25, 0.3) is 0 Å². The number of hydrogen-bond donors (Lipinski definition) is 0. The van der Waals surface area contributed by atoms with Gasteiger partial charge in [0.05, 0.1) is 26.7 Å². The molecule has 0 aliphatic heterocycles. The number of carbonyl (C=O) groups excluding carboxylic acids is 1. The lowest BCUT2D eigenvalue weighted by Gasteiger charge is -2.31. The largest absolute Gasteiger partial charge is 0.463 e. The van der Waals surface area contributed by atoms with Crippen molar-refractivity contribution in [3.63, 3.8) is 0 Å². The summed E-state index contributed by atoms with van der Waals surface area (Å²) < 4.78 is 6.43. The normalized spacial score (nSPS) is 12.6. The van der Waals surface area contributed by atoms with Gasteiger partial charge in [-0.2, -0.15) is 0 Å². The Morgan fingerprint density at radius 3 is 2.46 bits per heavy atom. The van der Waals surface area contributed by atoms with Crippen LogP contribution in [0.25, 0.3) is 5.57 Å². The minimum atomic E-state index is -0.0418. The maximum absolute atomic E-state index is 11.8. The Morgan fingerprint density at radius 1 is 1.12 bits per heavy atom. The Kier molecular flexibility index (Phi) is 10.3. The second-order valence-electron chi connectivity index (χ2n) is 8.04. The molecule has 1 rings (SSSR count). The van der Waals surface area contributed by atoms with E-state index in [1.54, 1.807) is 0 Å². The van der Waals surface area contributed by atoms with E-state index >= 15 is 0 Å². The van der Waals surface area contributed by atoms with Crippen molar-refractivity contribution >= 4 is 11.5 Å². The van der Waals surface area contributed by atoms with Crippen molar-refractivity contribution in [3.05, 3.63) is 42.5 Å². The quantitative estimate of drug-likeness (QED) is 0.265. The molecule has 1 aromatic rings. The van der Waals surface area contributed by atoms with Crippen LogP contribution in [0.5, 0.6) is 0 Å². The summed E-state index contributed by atoms with van der Waals surface area (Å²) in [7, 11) is 4.47. The molecule has 1 aromatic carbocycles. The predicted octanol–water partition coefficient (Wildman–Crippen LogP) is 5.46. The molecule has 0 N–H and O–H groups in total. The van der Waals surface area contributed by atoms with Gasteiger partial charge in [0, 0.05) is 18.4 Å². The van der Waals surface area contributed by atoms with Crippen molar-refractivity contribution in [1.82, 2.24) is 0 Å². The van der Waals surface area contributed by atoms with Crippen molar-refractivity contribution in [3.8, 4) is 0 Å². The van der Waals surface area contributed by atoms with Gasteiger partial charge in [-0.3, -0.25) is 4.79 Å². The van der Waals surface area contributed by atoms with Crippen LogP contribution in [-0.4, -0.2) is 43.7 Å². The lowest BCUT2D eigenvalue weighted by Crippen LogP contribution is -2.41. The summed E-state index contributed by atoms with van der Waals surface area (Å²) in [6, 6.07) is 10.4. The van der Waals surface area contributed by atoms with Crippen LogP contribution in [0.3, 0.4) is 0 Å². The highest BCUT2D eigenvalue weighted by Crippen LogP contribution is 2.17. The van der Waals surface area contributed by atoms with E-state index in [4.69, 9.17) is 4.74 Å². The monoisotopic (exact) mass is 360 g/mol. The molecular formula is C23H38NO2+. The Balaban J connectivity index is 2.25. The van der Waals surface area contributed by atoms with Crippen LogP contribution >= 0.6 is 0 Å². The van der Waals surface area contributed by atoms with E-state index in [-0.39, 0.29) is 12.1 Å². The highest BCUT2D eigenvalue weighted by Gasteiger charge is 2.18. The summed E-state index contributed by atoms with van der Waals surface area (Å²) in [6.45, 7) is 10.4. The molecule has 0 amide bonds. The van der Waals surface area contributed by atoms with E-state index < -0.39 is 0 Å². The Bertz CT molecular complexity index is 536. The number of likely N-dealkylation sites (N-methyl/N-ethyl adjacent to an activating group) is 1. The van der Waals surface area contributed by atoms with Gasteiger partial charge in [0.2, 0.25) is 0 Å². The fraction of sp³-hybridized carbons (Fsp3) is 0.609. The first-order valence-electron chi connectivity index (χ1n) is 10.1. The second-order valence-corrected chi connectivity index (χ2v) is 8.04. The average Bonchev–Trinajstić information content (AvgIpc) is 2.59. The summed E-state index contributed by atoms with van der Waals surface area (Å²) in [6.07, 6.45) is 6.98. The number of nitrogens with zero attached hydrogens (tertiary/aromatic N) is 1. The van der Waals surface area contributed by atoms with Crippen molar-refractivity contribution in [1.29, 1.82) is 0 Å². The standard InChI is InChI=1S/C23H38NO2/c1-6-7-8-12-17-23(25)26-21(3)14-13-18-24(4,5)19-20(2)22-15-10-9-11-16-22/h9-11,15-16,21H,2,6-8,12-14,17-19H2,1,3-5H3/q+1. The summed E-state index contributed by atoms with van der Waals surface area (Å²) in [5.74, 6) is -0.0418. The van der Waals surface area contributed by atoms with Crippen molar-refractivity contribution < 1.29 is 14.0 Å². The fourth-order valence-corrected chi connectivity index (χ4v) is 3.21. The summed E-state index contributed by atoms with van der Waals surface area (Å²) in [5, 5.41) is 0. The number of ether oxygens (including phenoxy) is 1. The molecule has 0 aromatic heterocycles. The Labute approximate surface area is 160 Å². The Hall–Kier alpha value is -1.61. The number of quaternary nitrogens is 1. The first-order chi connectivity index (χ1) is 12.3. The molecule has 26 heavy (non-hydrogen) atoms. The molecule has 0 heterocycles. The molecule has 1 unspecified atom stereocenters. The molecule has 0 aliphatic rings. The third-order valence-electron chi connectivity index (χ3n) is 4.74. The first-order valence-corrected chi connectivity index (χ1v) is 10.1. The van der Waals surface area contributed by atoms with Crippen LogP contribution in [0.1, 0.15) is 64.4 Å². The first kappa shape index (κ1) is 22.4. The average molecular weight is 361 g/mol. The molecule has 0 radical (unpaired) electrons. The van der Waals surface area contributed by atoms with Gasteiger partial charge in [-0.1, -0.05) is 63.1 Å². The van der Waals surface area contributed by atoms with Gasteiger partial charge in [-0.15, -0.1) is 0 Å². The minimum absolute atomic E-state index is 0.00556. The second kappa shape index (κ2) is 11.9. The molecule has 3 nitrogen and oxygen atoms in total. The molecule has 1 atom stereocenters. The molecule has 0 spiro atoms. The van der Waals surface area contributed by atoms with Crippen LogP contribution in [0.4, 0.5) is 0 Å². The molecule has 0 saturated heterocycles. The highest BCUT2D eigenvalue weighted by atomic mass is 16.5. The van der Waals surface area contributed by atoms with Gasteiger partial charge < -0.3 is 9.22 Å². The minimum Gasteiger partial charge on any atom is -0.463 e. The predicted molar refractivity (Wildman–Crippen MR) is 111 cm³/mol. The number of hydrogen-bond acceptors (Lipinski definition) is 2. The van der Waals surface area contributed by atoms with E-state index in [1.807, 2.05) is 13.0 Å². The zero-order valence-corrected chi connectivity index (χ0v) is 17.3. The van der Waals surface area contributed by atoms with E-state index in [0.717, 1.165) is 43.3 Å². The zero-order valence-electron chi connectivity index (χ0n) is 17.3. The molecule has 0 aliphatic carbocycles. The maximum atomic E-state index is 11.8. The third-order valence-corrected chi connectivity index (χ3v) is 4.74. The highest BCUT2D eigenvalue weighted by molar-refractivity contribution is 5.69. The van der Waals surface area contributed by atoms with E-state index in [2.05, 4.69) is 51.9 Å². The van der Waals surface area contributed by atoms with Crippen LogP contribution < -0.4 is 0 Å². The van der Waals surface area contributed by atoms with Crippen molar-refractivity contribution in [2.45, 2.75) is 64.9 Å². The fourth-order valence-electron chi connectivity index (χ4n) is 3.21. The van der Waals surface area contributed by atoms with Crippen LogP contribution in [0.15, 0.2) is 36.9 Å².